The van der Waals surface area contributed by atoms with Gasteiger partial charge in [0.15, 0.2) is 18.2 Å². The van der Waals surface area contributed by atoms with E-state index < -0.39 is 113 Å². The monoisotopic (exact) mass is 817 g/mol. The van der Waals surface area contributed by atoms with Gasteiger partial charge in [0.1, 0.15) is 29.3 Å². The molecule has 0 saturated carbocycles. The number of aliphatic hydroxyl groups is 2. The Hall–Kier alpha value is -1.40. The van der Waals surface area contributed by atoms with Crippen molar-refractivity contribution in [3.63, 3.8) is 0 Å². The number of fused-ring (bicyclic) bond motifs is 1. The number of aliphatic hydroxyl groups excluding tert-OH is 2. The molecule has 324 valence electrons. The molecule has 15 heteroatoms. The van der Waals surface area contributed by atoms with Crippen molar-refractivity contribution < 1.29 is 62.5 Å². The van der Waals surface area contributed by atoms with Gasteiger partial charge >= 0.3 is 11.9 Å². The molecule has 0 amide bonds. The van der Waals surface area contributed by atoms with Crippen LogP contribution in [0.4, 0.5) is 0 Å². The summed E-state index contributed by atoms with van der Waals surface area (Å²) in [7, 11) is 6.87. The third kappa shape index (κ3) is 9.17. The van der Waals surface area contributed by atoms with Crippen LogP contribution >= 0.6 is 11.8 Å². The summed E-state index contributed by atoms with van der Waals surface area (Å²) in [5, 5.41) is 22.0. The van der Waals surface area contributed by atoms with Gasteiger partial charge in [-0.05, 0) is 81.2 Å². The van der Waals surface area contributed by atoms with E-state index in [1.54, 1.807) is 34.8 Å². The molecule has 56 heavy (non-hydrogen) atoms. The fraction of sp³-hybridized carbons (Fsp3) is 0.927. The van der Waals surface area contributed by atoms with Crippen LogP contribution in [0.1, 0.15) is 94.9 Å². The maximum atomic E-state index is 14.6. The maximum Gasteiger partial charge on any atom is 0.320 e. The van der Waals surface area contributed by atoms with E-state index in [2.05, 4.69) is 0 Å². The number of nitrogens with zero attached hydrogens (tertiary/aromatic N) is 1. The van der Waals surface area contributed by atoms with Crippen molar-refractivity contribution in [2.24, 2.45) is 29.6 Å². The average Bonchev–Trinajstić information content (AvgIpc) is 3.42. The van der Waals surface area contributed by atoms with Gasteiger partial charge in [-0.15, -0.1) is 11.8 Å². The molecule has 0 aromatic carbocycles. The summed E-state index contributed by atoms with van der Waals surface area (Å²) in [5.74, 6) is -4.63. The number of cyclic esters (lactones) is 1. The van der Waals surface area contributed by atoms with Crippen molar-refractivity contribution in [2.45, 2.75) is 178 Å². The average molecular weight is 818 g/mol. The number of ether oxygens (including phenoxy) is 8. The first-order valence-electron chi connectivity index (χ1n) is 20.3. The highest BCUT2D eigenvalue weighted by Gasteiger charge is 2.61. The second kappa shape index (κ2) is 18.5. The number of ketones is 1. The zero-order valence-corrected chi connectivity index (χ0v) is 37.1. The van der Waals surface area contributed by atoms with Gasteiger partial charge < -0.3 is 53.0 Å². The van der Waals surface area contributed by atoms with E-state index in [4.69, 9.17) is 37.9 Å². The Kier molecular flexibility index (Phi) is 15.6. The lowest BCUT2D eigenvalue weighted by atomic mass is 9.70. The van der Waals surface area contributed by atoms with Crippen molar-refractivity contribution in [1.29, 1.82) is 0 Å². The highest BCUT2D eigenvalue weighted by atomic mass is 32.2. The van der Waals surface area contributed by atoms with E-state index in [-0.39, 0.29) is 30.8 Å². The molecule has 0 aromatic rings. The number of carbonyl (C=O) groups excluding carboxylic acids is 3. The summed E-state index contributed by atoms with van der Waals surface area (Å²) in [6.45, 7) is 18.2. The number of hydrogen-bond donors (Lipinski definition) is 2. The topological polar surface area (TPSA) is 169 Å². The van der Waals surface area contributed by atoms with Crippen LogP contribution in [0.3, 0.4) is 0 Å². The minimum Gasteiger partial charge on any atom is -0.458 e. The molecule has 0 aromatic heterocycles. The molecule has 4 aliphatic heterocycles. The number of likely N-dealkylation sites (N-methyl/N-ethyl adjacent to an activating group) is 1. The van der Waals surface area contributed by atoms with Gasteiger partial charge in [0.05, 0.1) is 41.5 Å². The Bertz CT molecular complexity index is 1370. The molecule has 0 spiro atoms. The number of thioether (sulfide) groups is 1. The number of methoxy groups -OCH3 is 2. The minimum absolute atomic E-state index is 0.0927. The molecule has 0 bridgehead atoms. The van der Waals surface area contributed by atoms with Crippen molar-refractivity contribution >= 4 is 29.5 Å². The molecule has 4 rings (SSSR count). The Balaban J connectivity index is 1.90. The lowest BCUT2D eigenvalue weighted by Gasteiger charge is -2.50. The van der Waals surface area contributed by atoms with Gasteiger partial charge in [0, 0.05) is 50.4 Å². The van der Waals surface area contributed by atoms with Gasteiger partial charge in [-0.1, -0.05) is 27.7 Å². The van der Waals surface area contributed by atoms with Gasteiger partial charge in [-0.2, -0.15) is 0 Å². The Labute approximate surface area is 338 Å². The summed E-state index contributed by atoms with van der Waals surface area (Å²) in [5.41, 5.74) is -3.53. The molecule has 19 atom stereocenters. The van der Waals surface area contributed by atoms with Gasteiger partial charge in [-0.3, -0.25) is 14.4 Å². The largest absolute Gasteiger partial charge is 0.458 e. The molecule has 14 nitrogen and oxygen atoms in total. The molecule has 4 heterocycles. The smallest absolute Gasteiger partial charge is 0.320 e. The van der Waals surface area contributed by atoms with Crippen LogP contribution in [-0.2, 0) is 52.3 Å². The number of hydrogen-bond acceptors (Lipinski definition) is 15. The summed E-state index contributed by atoms with van der Waals surface area (Å²) in [6, 6.07) is -0.273. The predicted molar refractivity (Wildman–Crippen MR) is 210 cm³/mol. The zero-order chi connectivity index (χ0) is 42.2. The second-order valence-corrected chi connectivity index (χ2v) is 18.7. The summed E-state index contributed by atoms with van der Waals surface area (Å²) in [6.07, 6.45) is -4.66. The molecule has 0 unspecified atom stereocenters. The molecule has 4 fully saturated rings. The van der Waals surface area contributed by atoms with E-state index in [0.29, 0.717) is 12.8 Å². The quantitative estimate of drug-likeness (QED) is 0.320. The molecule has 4 saturated heterocycles. The Morgan fingerprint density at radius 3 is 2.05 bits per heavy atom. The maximum absolute atomic E-state index is 14.6. The first-order valence-corrected chi connectivity index (χ1v) is 21.6. The molecule has 0 aliphatic carbocycles. The highest BCUT2D eigenvalue weighted by molar-refractivity contribution is 7.99. The SMILES string of the molecule is CC[C@H]1OC(=O)[C@H](C)[C@@H](O[C@H]2C[C@@](C)(OC)[C@@H](O)[C@H](C)O2)[C@H](C)[C@@H](O[C@@H]2O[C@H](C)C[C@H](N(C)C)[C@H]2O)[C@](C)(OC)C[C@@H](C)C(=O)[C@H](C)[C@H]2[C@H](SC)C(=O)O[C@@]21C. The third-order valence-corrected chi connectivity index (χ3v) is 14.5. The molecule has 2 N–H and O–H groups in total. The van der Waals surface area contributed by atoms with Gasteiger partial charge in [0.25, 0.3) is 0 Å². The van der Waals surface area contributed by atoms with Crippen LogP contribution < -0.4 is 0 Å². The molecule has 4 aliphatic rings. The lowest BCUT2D eigenvalue weighted by molar-refractivity contribution is -0.319. The Morgan fingerprint density at radius 1 is 0.875 bits per heavy atom. The van der Waals surface area contributed by atoms with Crippen LogP contribution in [0.5, 0.6) is 0 Å². The molecular formula is C41H71NO13S. The van der Waals surface area contributed by atoms with Crippen LogP contribution in [-0.4, -0.2) is 151 Å². The second-order valence-electron chi connectivity index (χ2n) is 17.7. The predicted octanol–water partition coefficient (Wildman–Crippen LogP) is 3.99. The lowest BCUT2D eigenvalue weighted by Crippen LogP contribution is -2.61. The minimum atomic E-state index is -1.29. The van der Waals surface area contributed by atoms with Crippen LogP contribution in [0.25, 0.3) is 0 Å². The van der Waals surface area contributed by atoms with Gasteiger partial charge in [0.2, 0.25) is 0 Å². The first-order chi connectivity index (χ1) is 26.0. The number of carbonyl (C=O) groups is 3. The summed E-state index contributed by atoms with van der Waals surface area (Å²) >= 11 is 1.32. The molecular weight excluding hydrogens is 747 g/mol. The van der Waals surface area contributed by atoms with Crippen LogP contribution in [0.15, 0.2) is 0 Å². The van der Waals surface area contributed by atoms with Crippen LogP contribution in [0.2, 0.25) is 0 Å². The molecule has 0 radical (unpaired) electrons. The van der Waals surface area contributed by atoms with Crippen molar-refractivity contribution in [1.82, 2.24) is 4.90 Å². The number of rotatable bonds is 9. The van der Waals surface area contributed by atoms with Crippen molar-refractivity contribution in [3.05, 3.63) is 0 Å². The van der Waals surface area contributed by atoms with Crippen molar-refractivity contribution in [2.75, 3.05) is 34.6 Å². The van der Waals surface area contributed by atoms with Crippen LogP contribution in [0, 0.1) is 29.6 Å². The fourth-order valence-electron chi connectivity index (χ4n) is 9.97. The van der Waals surface area contributed by atoms with E-state index in [0.717, 1.165) is 0 Å². The summed E-state index contributed by atoms with van der Waals surface area (Å²) < 4.78 is 50.9. The first kappa shape index (κ1) is 47.3. The van der Waals surface area contributed by atoms with E-state index in [1.807, 2.05) is 66.8 Å². The normalized spacial score (nSPS) is 48.6. The third-order valence-electron chi connectivity index (χ3n) is 13.5. The fourth-order valence-corrected chi connectivity index (χ4v) is 11.0. The van der Waals surface area contributed by atoms with Crippen molar-refractivity contribution in [3.8, 4) is 0 Å². The zero-order valence-electron chi connectivity index (χ0n) is 36.3. The summed E-state index contributed by atoms with van der Waals surface area (Å²) in [4.78, 5) is 44.6. The number of Topliss-reactive ketones (excluding diaryl/α,β-unsaturated/α-hetero) is 1. The number of esters is 2. The van der Waals surface area contributed by atoms with Gasteiger partial charge in [-0.25, -0.2) is 0 Å². The Morgan fingerprint density at radius 2 is 1.50 bits per heavy atom. The van der Waals surface area contributed by atoms with E-state index in [1.165, 1.54) is 18.9 Å². The standard InChI is InChI=1S/C41H71NO13S/c1-16-27-41(10)29(33(56-15)37(47)55-41)22(4)30(43)20(2)18-40(9,49-14)35(54-38-31(44)26(42(11)12)17-21(3)50-38)23(5)32(24(6)36(46)52-27)53-28-19-39(8,48-13)34(45)25(7)51-28/h20-29,31-35,38,44-45H,16-19H2,1-15H3/t20-,21-,22-,23+,24-,25+,26+,27-,28+,29+,31-,32+,33+,34+,35-,38+,39-,40-,41-/m1/s1. The van der Waals surface area contributed by atoms with E-state index >= 15 is 0 Å². The van der Waals surface area contributed by atoms with E-state index in [9.17, 15) is 24.6 Å². The highest BCUT2D eigenvalue weighted by Crippen LogP contribution is 2.49.